The van der Waals surface area contributed by atoms with Crippen LogP contribution in [0, 0.1) is 5.92 Å². The van der Waals surface area contributed by atoms with Crippen molar-refractivity contribution in [2.45, 2.75) is 25.6 Å². The number of halogens is 3. The van der Waals surface area contributed by atoms with Crippen LogP contribution in [0.4, 0.5) is 24.8 Å². The molecule has 0 bridgehead atoms. The topological polar surface area (TPSA) is 93.8 Å². The highest BCUT2D eigenvalue weighted by molar-refractivity contribution is 6.10. The molecule has 1 aliphatic carbocycles. The smallest absolute Gasteiger partial charge is 0.370 e. The van der Waals surface area contributed by atoms with Gasteiger partial charge in [0.15, 0.2) is 5.82 Å². The number of hydrogen-bond acceptors (Lipinski definition) is 6. The van der Waals surface area contributed by atoms with Gasteiger partial charge < -0.3 is 9.88 Å². The Hall–Kier alpha value is -4.22. The molecule has 1 amide bonds. The maximum atomic E-state index is 13.7. The zero-order valence-corrected chi connectivity index (χ0v) is 20.1. The fraction of sp³-hybridized carbons (Fsp3) is 0.320. The van der Waals surface area contributed by atoms with Crippen molar-refractivity contribution in [3.8, 4) is 22.6 Å². The lowest BCUT2D eigenvalue weighted by Crippen LogP contribution is -2.24. The van der Waals surface area contributed by atoms with Crippen LogP contribution in [0.25, 0.3) is 22.6 Å². The van der Waals surface area contributed by atoms with Crippen molar-refractivity contribution in [1.29, 1.82) is 0 Å². The van der Waals surface area contributed by atoms with Crippen LogP contribution in [0.1, 0.15) is 34.3 Å². The molecule has 1 N–H and O–H groups in total. The number of benzene rings is 1. The van der Waals surface area contributed by atoms with Crippen molar-refractivity contribution >= 4 is 17.5 Å². The SMILES string of the molecule is Cn1cnnc1-c1cnn(C)c1-c1cc(NCC2CC2)nc(N2Cc3c(cccc3C(F)(F)F)C2=O)c1. The summed E-state index contributed by atoms with van der Waals surface area (Å²) in [6.07, 6.45) is 0.983. The van der Waals surface area contributed by atoms with Gasteiger partial charge in [0.2, 0.25) is 0 Å². The van der Waals surface area contributed by atoms with Gasteiger partial charge in [-0.1, -0.05) is 6.07 Å². The van der Waals surface area contributed by atoms with Crippen molar-refractivity contribution in [3.63, 3.8) is 0 Å². The zero-order valence-electron chi connectivity index (χ0n) is 20.1. The number of carbonyl (C=O) groups excluding carboxylic acids is 1. The third-order valence-electron chi connectivity index (χ3n) is 6.79. The standard InChI is InChI=1S/C25H23F3N8O/c1-34-13-30-33-23(34)17-11-31-35(2)22(17)15-8-20(29-10-14-6-7-14)32-21(9-15)36-12-18-16(24(36)37)4-3-5-19(18)25(26,27)28/h3-5,8-9,11,13-14H,6-7,10,12H2,1-2H3,(H,29,32). The van der Waals surface area contributed by atoms with Gasteiger partial charge >= 0.3 is 6.18 Å². The molecule has 2 aliphatic rings. The van der Waals surface area contributed by atoms with E-state index in [9.17, 15) is 18.0 Å². The minimum absolute atomic E-state index is 0.0369. The van der Waals surface area contributed by atoms with E-state index in [0.717, 1.165) is 36.7 Å². The molecule has 4 aromatic rings. The first-order valence-electron chi connectivity index (χ1n) is 11.8. The van der Waals surface area contributed by atoms with E-state index in [0.29, 0.717) is 23.1 Å². The number of rotatable bonds is 6. The number of aromatic nitrogens is 6. The maximum absolute atomic E-state index is 13.7. The van der Waals surface area contributed by atoms with E-state index in [4.69, 9.17) is 0 Å². The summed E-state index contributed by atoms with van der Waals surface area (Å²) in [5, 5.41) is 15.9. The predicted octanol–water partition coefficient (Wildman–Crippen LogP) is 4.28. The highest BCUT2D eigenvalue weighted by Crippen LogP contribution is 2.40. The number of amides is 1. The van der Waals surface area contributed by atoms with Crippen molar-refractivity contribution < 1.29 is 18.0 Å². The molecular weight excluding hydrogens is 485 g/mol. The Bertz CT molecular complexity index is 1520. The van der Waals surface area contributed by atoms with Gasteiger partial charge in [-0.2, -0.15) is 18.3 Å². The monoisotopic (exact) mass is 508 g/mol. The molecule has 4 heterocycles. The Morgan fingerprint density at radius 1 is 1.14 bits per heavy atom. The number of fused-ring (bicyclic) bond motifs is 1. The average Bonchev–Trinajstić information content (AvgIpc) is 3.33. The fourth-order valence-electron chi connectivity index (χ4n) is 4.71. The van der Waals surface area contributed by atoms with E-state index in [1.54, 1.807) is 34.9 Å². The van der Waals surface area contributed by atoms with Crippen molar-refractivity contribution in [2.24, 2.45) is 20.0 Å². The van der Waals surface area contributed by atoms with E-state index in [1.165, 1.54) is 17.0 Å². The highest BCUT2D eigenvalue weighted by Gasteiger charge is 2.40. The number of hydrogen-bond donors (Lipinski definition) is 1. The van der Waals surface area contributed by atoms with Crippen LogP contribution >= 0.6 is 0 Å². The second kappa shape index (κ2) is 8.43. The van der Waals surface area contributed by atoms with Gasteiger partial charge in [0, 0.05) is 31.8 Å². The molecule has 12 heteroatoms. The van der Waals surface area contributed by atoms with Crippen LogP contribution in [-0.2, 0) is 26.8 Å². The van der Waals surface area contributed by atoms with Gasteiger partial charge in [0.25, 0.3) is 5.91 Å². The van der Waals surface area contributed by atoms with Crippen molar-refractivity contribution in [1.82, 2.24) is 29.5 Å². The quantitative estimate of drug-likeness (QED) is 0.418. The minimum atomic E-state index is -4.56. The first-order valence-corrected chi connectivity index (χ1v) is 11.8. The molecule has 1 aliphatic heterocycles. The molecule has 190 valence electrons. The Balaban J connectivity index is 1.45. The van der Waals surface area contributed by atoms with Gasteiger partial charge in [-0.3, -0.25) is 14.4 Å². The number of nitrogens with zero attached hydrogens (tertiary/aromatic N) is 7. The third kappa shape index (κ3) is 4.11. The molecule has 1 aromatic carbocycles. The first-order chi connectivity index (χ1) is 17.7. The van der Waals surface area contributed by atoms with E-state index in [2.05, 4.69) is 25.6 Å². The van der Waals surface area contributed by atoms with Crippen molar-refractivity contribution in [3.05, 3.63) is 59.5 Å². The Labute approximate surface area is 209 Å². The second-order valence-electron chi connectivity index (χ2n) is 9.44. The molecule has 37 heavy (non-hydrogen) atoms. The van der Waals surface area contributed by atoms with E-state index in [-0.39, 0.29) is 23.5 Å². The van der Waals surface area contributed by atoms with Crippen LogP contribution in [0.3, 0.4) is 0 Å². The Morgan fingerprint density at radius 3 is 2.65 bits per heavy atom. The number of nitrogens with one attached hydrogen (secondary N) is 1. The van der Waals surface area contributed by atoms with Crippen LogP contribution in [0.5, 0.6) is 0 Å². The number of carbonyl (C=O) groups is 1. The molecule has 1 fully saturated rings. The average molecular weight is 509 g/mol. The van der Waals surface area contributed by atoms with E-state index in [1.807, 2.05) is 13.1 Å². The van der Waals surface area contributed by atoms with Crippen molar-refractivity contribution in [2.75, 3.05) is 16.8 Å². The predicted molar refractivity (Wildman–Crippen MR) is 130 cm³/mol. The van der Waals surface area contributed by atoms with Gasteiger partial charge in [0.1, 0.15) is 18.0 Å². The summed E-state index contributed by atoms with van der Waals surface area (Å²) in [5.74, 6) is 1.44. The third-order valence-corrected chi connectivity index (χ3v) is 6.79. The molecule has 0 unspecified atom stereocenters. The summed E-state index contributed by atoms with van der Waals surface area (Å²) < 4.78 is 44.5. The number of alkyl halides is 3. The summed E-state index contributed by atoms with van der Waals surface area (Å²) in [4.78, 5) is 19.2. The zero-order chi connectivity index (χ0) is 25.9. The molecule has 0 saturated heterocycles. The van der Waals surface area contributed by atoms with Crippen LogP contribution in [0.15, 0.2) is 42.9 Å². The van der Waals surface area contributed by atoms with Crippen LogP contribution in [-0.4, -0.2) is 42.0 Å². The summed E-state index contributed by atoms with van der Waals surface area (Å²) >= 11 is 0. The van der Waals surface area contributed by atoms with Gasteiger partial charge in [-0.15, -0.1) is 10.2 Å². The molecular formula is C25H23F3N8O. The minimum Gasteiger partial charge on any atom is -0.370 e. The number of aryl methyl sites for hydroxylation is 2. The molecule has 6 rings (SSSR count). The lowest BCUT2D eigenvalue weighted by Gasteiger charge is -2.19. The molecule has 0 radical (unpaired) electrons. The summed E-state index contributed by atoms with van der Waals surface area (Å²) in [6.45, 7) is 0.508. The first kappa shape index (κ1) is 23.2. The van der Waals surface area contributed by atoms with E-state index < -0.39 is 17.6 Å². The Kier molecular flexibility index (Phi) is 5.28. The number of pyridine rings is 1. The van der Waals surface area contributed by atoms with Gasteiger partial charge in [0.05, 0.1) is 29.6 Å². The Morgan fingerprint density at radius 2 is 1.95 bits per heavy atom. The largest absolute Gasteiger partial charge is 0.416 e. The normalized spacial score (nSPS) is 15.4. The lowest BCUT2D eigenvalue weighted by molar-refractivity contribution is -0.138. The van der Waals surface area contributed by atoms with E-state index >= 15 is 0 Å². The van der Waals surface area contributed by atoms with Gasteiger partial charge in [-0.05, 0) is 48.6 Å². The lowest BCUT2D eigenvalue weighted by atomic mass is 10.0. The molecule has 0 spiro atoms. The summed E-state index contributed by atoms with van der Waals surface area (Å²) in [7, 11) is 3.62. The summed E-state index contributed by atoms with van der Waals surface area (Å²) in [6, 6.07) is 7.26. The molecule has 9 nitrogen and oxygen atoms in total. The van der Waals surface area contributed by atoms with Gasteiger partial charge in [-0.25, -0.2) is 4.98 Å². The number of anilines is 2. The molecule has 1 saturated carbocycles. The summed E-state index contributed by atoms with van der Waals surface area (Å²) in [5.41, 5.74) is 1.33. The van der Waals surface area contributed by atoms with Crippen LogP contribution in [0.2, 0.25) is 0 Å². The van der Waals surface area contributed by atoms with Crippen LogP contribution < -0.4 is 10.2 Å². The highest BCUT2D eigenvalue weighted by atomic mass is 19.4. The fourth-order valence-corrected chi connectivity index (χ4v) is 4.71. The molecule has 0 atom stereocenters. The molecule has 3 aromatic heterocycles. The second-order valence-corrected chi connectivity index (χ2v) is 9.44. The maximum Gasteiger partial charge on any atom is 0.416 e.